The van der Waals surface area contributed by atoms with E-state index < -0.39 is 17.6 Å². The number of hydrogen-bond acceptors (Lipinski definition) is 3. The summed E-state index contributed by atoms with van der Waals surface area (Å²) in [5.74, 6) is -0.888. The molecule has 0 fully saturated rings. The summed E-state index contributed by atoms with van der Waals surface area (Å²) in [4.78, 5) is 8.92. The monoisotopic (exact) mass is 405 g/mol. The highest BCUT2D eigenvalue weighted by molar-refractivity contribution is 5.69. The van der Waals surface area contributed by atoms with Gasteiger partial charge in [-0.2, -0.15) is 13.2 Å². The maximum Gasteiger partial charge on any atom is 0.419 e. The molecule has 1 aromatic carbocycles. The van der Waals surface area contributed by atoms with Crippen LogP contribution < -0.4 is 0 Å². The maximum absolute atomic E-state index is 14.2. The Morgan fingerprint density at radius 2 is 1.93 bits per heavy atom. The first-order chi connectivity index (χ1) is 13.7. The molecule has 0 N–H and O–H groups in total. The van der Waals surface area contributed by atoms with Crippen LogP contribution in [0.2, 0.25) is 0 Å². The smallest absolute Gasteiger partial charge is 0.376 e. The van der Waals surface area contributed by atoms with Gasteiger partial charge in [0.25, 0.3) is 0 Å². The van der Waals surface area contributed by atoms with Gasteiger partial charge in [0.2, 0.25) is 0 Å². The van der Waals surface area contributed by atoms with Crippen LogP contribution in [0.3, 0.4) is 0 Å². The normalized spacial score (nSPS) is 17.1. The lowest BCUT2D eigenvalue weighted by Crippen LogP contribution is -2.15. The number of nitrogens with zero attached hydrogens (tertiary/aromatic N) is 3. The summed E-state index contributed by atoms with van der Waals surface area (Å²) in [5, 5.41) is 0. The number of rotatable bonds is 2. The summed E-state index contributed by atoms with van der Waals surface area (Å²) in [6.45, 7) is 4.77. The number of ether oxygens (including phenoxy) is 1. The van der Waals surface area contributed by atoms with E-state index in [1.165, 1.54) is 6.07 Å². The van der Waals surface area contributed by atoms with Gasteiger partial charge in [-0.15, -0.1) is 0 Å². The molecule has 0 saturated heterocycles. The third kappa shape index (κ3) is 3.76. The SMILES string of the molecule is Cc1cc(-c2nc(-c3ccc(C(F)(F)F)c(F)c3)n3c2CCO[C@H](C)C3)ccn1. The number of aromatic nitrogens is 3. The molecule has 0 radical (unpaired) electrons. The molecule has 0 aliphatic carbocycles. The van der Waals surface area contributed by atoms with Gasteiger partial charge in [-0.05, 0) is 38.1 Å². The van der Waals surface area contributed by atoms with E-state index in [1.807, 2.05) is 30.5 Å². The third-order valence-electron chi connectivity index (χ3n) is 4.96. The minimum Gasteiger partial charge on any atom is -0.376 e. The van der Waals surface area contributed by atoms with Crippen LogP contribution in [0, 0.1) is 12.7 Å². The van der Waals surface area contributed by atoms with Crippen LogP contribution in [0.5, 0.6) is 0 Å². The Balaban J connectivity index is 1.89. The van der Waals surface area contributed by atoms with E-state index in [9.17, 15) is 17.6 Å². The molecule has 29 heavy (non-hydrogen) atoms. The van der Waals surface area contributed by atoms with Crippen molar-refractivity contribution in [1.82, 2.24) is 14.5 Å². The van der Waals surface area contributed by atoms with Crippen LogP contribution in [0.1, 0.15) is 23.9 Å². The highest BCUT2D eigenvalue weighted by Gasteiger charge is 2.34. The topological polar surface area (TPSA) is 39.9 Å². The zero-order valence-corrected chi connectivity index (χ0v) is 15.9. The second-order valence-electron chi connectivity index (χ2n) is 7.15. The molecule has 1 atom stereocenters. The minimum absolute atomic E-state index is 0.101. The van der Waals surface area contributed by atoms with Gasteiger partial charge in [-0.1, -0.05) is 6.07 Å². The van der Waals surface area contributed by atoms with Gasteiger partial charge in [0.05, 0.1) is 30.5 Å². The van der Waals surface area contributed by atoms with Gasteiger partial charge >= 0.3 is 6.18 Å². The first-order valence-electron chi connectivity index (χ1n) is 9.25. The van der Waals surface area contributed by atoms with Crippen LogP contribution in [-0.4, -0.2) is 27.2 Å². The predicted octanol–water partition coefficient (Wildman–Crippen LogP) is 5.04. The summed E-state index contributed by atoms with van der Waals surface area (Å²) < 4.78 is 60.7. The number of aryl methyl sites for hydroxylation is 1. The molecule has 0 bridgehead atoms. The first-order valence-corrected chi connectivity index (χ1v) is 9.25. The molecule has 0 spiro atoms. The number of alkyl halides is 3. The van der Waals surface area contributed by atoms with Crippen molar-refractivity contribution in [3.8, 4) is 22.6 Å². The predicted molar refractivity (Wildman–Crippen MR) is 99.7 cm³/mol. The Bertz CT molecular complexity index is 1060. The van der Waals surface area contributed by atoms with Gasteiger partial charge in [-0.25, -0.2) is 9.37 Å². The van der Waals surface area contributed by atoms with Crippen molar-refractivity contribution in [1.29, 1.82) is 0 Å². The molecular formula is C21H19F4N3O. The Kier molecular flexibility index (Phi) is 4.90. The molecule has 1 aliphatic heterocycles. The lowest BCUT2D eigenvalue weighted by molar-refractivity contribution is -0.139. The molecule has 0 saturated carbocycles. The maximum atomic E-state index is 14.2. The Morgan fingerprint density at radius 3 is 2.62 bits per heavy atom. The van der Waals surface area contributed by atoms with Crippen molar-refractivity contribution >= 4 is 0 Å². The lowest BCUT2D eigenvalue weighted by Gasteiger charge is -2.14. The number of benzene rings is 1. The lowest BCUT2D eigenvalue weighted by atomic mass is 10.1. The van der Waals surface area contributed by atoms with E-state index in [0.717, 1.165) is 29.1 Å². The zero-order chi connectivity index (χ0) is 20.8. The van der Waals surface area contributed by atoms with E-state index in [0.29, 0.717) is 36.7 Å². The molecule has 1 aliphatic rings. The van der Waals surface area contributed by atoms with E-state index in [4.69, 9.17) is 9.72 Å². The first kappa shape index (κ1) is 19.6. The largest absolute Gasteiger partial charge is 0.419 e. The third-order valence-corrected chi connectivity index (χ3v) is 4.96. The molecule has 8 heteroatoms. The van der Waals surface area contributed by atoms with Crippen LogP contribution >= 0.6 is 0 Å². The second-order valence-corrected chi connectivity index (χ2v) is 7.15. The fraction of sp³-hybridized carbons (Fsp3) is 0.333. The number of fused-ring (bicyclic) bond motifs is 1. The molecule has 0 unspecified atom stereocenters. The summed E-state index contributed by atoms with van der Waals surface area (Å²) in [5.41, 5.74) is 2.31. The molecule has 0 amide bonds. The van der Waals surface area contributed by atoms with Crippen LogP contribution in [0.4, 0.5) is 17.6 Å². The Hall–Kier alpha value is -2.74. The second kappa shape index (κ2) is 7.26. The van der Waals surface area contributed by atoms with Crippen molar-refractivity contribution in [2.75, 3.05) is 6.61 Å². The fourth-order valence-electron chi connectivity index (χ4n) is 3.63. The quantitative estimate of drug-likeness (QED) is 0.561. The highest BCUT2D eigenvalue weighted by Crippen LogP contribution is 2.36. The van der Waals surface area contributed by atoms with E-state index in [-0.39, 0.29) is 6.10 Å². The van der Waals surface area contributed by atoms with Crippen molar-refractivity contribution in [2.45, 2.75) is 39.1 Å². The average molecular weight is 405 g/mol. The fourth-order valence-corrected chi connectivity index (χ4v) is 3.63. The van der Waals surface area contributed by atoms with Gasteiger partial charge in [0.1, 0.15) is 11.6 Å². The van der Waals surface area contributed by atoms with Crippen molar-refractivity contribution in [3.05, 3.63) is 59.3 Å². The summed E-state index contributed by atoms with van der Waals surface area (Å²) in [7, 11) is 0. The van der Waals surface area contributed by atoms with E-state index in [2.05, 4.69) is 4.98 Å². The number of halogens is 4. The van der Waals surface area contributed by atoms with E-state index >= 15 is 0 Å². The summed E-state index contributed by atoms with van der Waals surface area (Å²) >= 11 is 0. The van der Waals surface area contributed by atoms with Crippen LogP contribution in [-0.2, 0) is 23.9 Å². The van der Waals surface area contributed by atoms with Crippen molar-refractivity contribution in [3.63, 3.8) is 0 Å². The van der Waals surface area contributed by atoms with E-state index in [1.54, 1.807) is 6.20 Å². The molecular weight excluding hydrogens is 386 g/mol. The standard InChI is InChI=1S/C21H19F4N3O/c1-12-9-14(5-7-26-12)19-18-6-8-29-13(2)11-28(18)20(27-19)15-3-4-16(17(22)10-15)21(23,24)25/h3-5,7,9-10,13H,6,8,11H2,1-2H3/t13-/m1/s1. The molecule has 4 rings (SSSR count). The van der Waals surface area contributed by atoms with Crippen LogP contribution in [0.15, 0.2) is 36.5 Å². The number of imidazole rings is 1. The summed E-state index contributed by atoms with van der Waals surface area (Å²) in [6, 6.07) is 6.66. The molecule has 3 aromatic rings. The average Bonchev–Trinajstić information content (AvgIpc) is 2.87. The van der Waals surface area contributed by atoms with Crippen molar-refractivity contribution in [2.24, 2.45) is 0 Å². The number of hydrogen-bond donors (Lipinski definition) is 0. The van der Waals surface area contributed by atoms with Crippen molar-refractivity contribution < 1.29 is 22.3 Å². The zero-order valence-electron chi connectivity index (χ0n) is 15.9. The number of pyridine rings is 1. The van der Waals surface area contributed by atoms with Gasteiger partial charge in [0.15, 0.2) is 0 Å². The Morgan fingerprint density at radius 1 is 1.14 bits per heavy atom. The molecule has 3 heterocycles. The van der Waals surface area contributed by atoms with Gasteiger partial charge < -0.3 is 9.30 Å². The summed E-state index contributed by atoms with van der Waals surface area (Å²) in [6.07, 6.45) is -2.56. The molecule has 4 nitrogen and oxygen atoms in total. The molecule has 2 aromatic heterocycles. The highest BCUT2D eigenvalue weighted by atomic mass is 19.4. The van der Waals surface area contributed by atoms with Gasteiger partial charge in [-0.3, -0.25) is 4.98 Å². The minimum atomic E-state index is -4.74. The molecule has 152 valence electrons. The van der Waals surface area contributed by atoms with Gasteiger partial charge in [0, 0.05) is 35.1 Å². The Labute approximate surface area is 165 Å². The van der Waals surface area contributed by atoms with Crippen LogP contribution in [0.25, 0.3) is 22.6 Å².